The highest BCUT2D eigenvalue weighted by Gasteiger charge is 2.31. The van der Waals surface area contributed by atoms with Gasteiger partial charge in [0.25, 0.3) is 11.8 Å². The first kappa shape index (κ1) is 9.99. The van der Waals surface area contributed by atoms with E-state index in [-0.39, 0.29) is 18.5 Å². The molecule has 2 aromatic carbocycles. The predicted octanol–water partition coefficient (Wildman–Crippen LogP) is 1.35. The largest absolute Gasteiger partial charge is 0.313 e. The summed E-state index contributed by atoms with van der Waals surface area (Å²) in [6.07, 6.45) is 0. The third-order valence-corrected chi connectivity index (χ3v) is 3.04. The number of benzene rings is 2. The first-order valence-corrected chi connectivity index (χ1v) is 5.32. The van der Waals surface area contributed by atoms with Crippen molar-refractivity contribution in [2.75, 3.05) is 6.67 Å². The maximum absolute atomic E-state index is 12.1. The highest BCUT2D eigenvalue weighted by atomic mass is 16.2. The highest BCUT2D eigenvalue weighted by molar-refractivity contribution is 6.25. The van der Waals surface area contributed by atoms with Gasteiger partial charge in [0.1, 0.15) is 0 Å². The quantitative estimate of drug-likeness (QED) is 0.746. The minimum Gasteiger partial charge on any atom is -0.313 e. The van der Waals surface area contributed by atoms with E-state index in [1.54, 1.807) is 12.1 Å². The Hall–Kier alpha value is -2.20. The molecule has 0 fully saturated rings. The number of amides is 2. The number of hydrogen-bond donors (Lipinski definition) is 1. The average molecular weight is 226 g/mol. The van der Waals surface area contributed by atoms with Crippen LogP contribution in [0.2, 0.25) is 0 Å². The van der Waals surface area contributed by atoms with Gasteiger partial charge in [-0.05, 0) is 17.5 Å². The number of carbonyl (C=O) groups excluding carboxylic acids is 2. The van der Waals surface area contributed by atoms with Crippen molar-refractivity contribution in [1.82, 2.24) is 4.90 Å². The van der Waals surface area contributed by atoms with Gasteiger partial charge >= 0.3 is 0 Å². The Kier molecular flexibility index (Phi) is 2.00. The van der Waals surface area contributed by atoms with Crippen LogP contribution in [0.25, 0.3) is 10.8 Å². The third kappa shape index (κ3) is 1.21. The zero-order valence-corrected chi connectivity index (χ0v) is 9.01. The minimum absolute atomic E-state index is 0.0949. The van der Waals surface area contributed by atoms with Crippen LogP contribution in [0.1, 0.15) is 20.7 Å². The van der Waals surface area contributed by atoms with E-state index >= 15 is 0 Å². The van der Waals surface area contributed by atoms with E-state index in [1.165, 1.54) is 0 Å². The van der Waals surface area contributed by atoms with Gasteiger partial charge in [0.05, 0.1) is 6.67 Å². The molecular weight excluding hydrogens is 216 g/mol. The van der Waals surface area contributed by atoms with Crippen molar-refractivity contribution in [3.8, 4) is 0 Å². The number of carbonyl (C=O) groups is 2. The SMILES string of the molecule is NCN1C(=O)c2cccc3cccc(c23)C1=O. The van der Waals surface area contributed by atoms with Crippen molar-refractivity contribution >= 4 is 22.6 Å². The second kappa shape index (κ2) is 3.40. The van der Waals surface area contributed by atoms with Crippen molar-refractivity contribution in [3.63, 3.8) is 0 Å². The van der Waals surface area contributed by atoms with E-state index in [9.17, 15) is 9.59 Å². The molecule has 4 nitrogen and oxygen atoms in total. The topological polar surface area (TPSA) is 63.4 Å². The van der Waals surface area contributed by atoms with E-state index in [1.807, 2.05) is 24.3 Å². The van der Waals surface area contributed by atoms with Gasteiger partial charge in [0.2, 0.25) is 0 Å². The van der Waals surface area contributed by atoms with Gasteiger partial charge in [-0.25, -0.2) is 0 Å². The van der Waals surface area contributed by atoms with Crippen molar-refractivity contribution in [3.05, 3.63) is 47.5 Å². The number of rotatable bonds is 1. The molecule has 4 heteroatoms. The second-order valence-electron chi connectivity index (χ2n) is 3.93. The van der Waals surface area contributed by atoms with Crippen LogP contribution >= 0.6 is 0 Å². The van der Waals surface area contributed by atoms with Crippen LogP contribution in [0.4, 0.5) is 0 Å². The molecule has 0 radical (unpaired) electrons. The van der Waals surface area contributed by atoms with Crippen LogP contribution in [0.15, 0.2) is 36.4 Å². The fraction of sp³-hybridized carbons (Fsp3) is 0.0769. The number of hydrogen-bond acceptors (Lipinski definition) is 3. The summed E-state index contributed by atoms with van der Waals surface area (Å²) in [5.41, 5.74) is 6.54. The van der Waals surface area contributed by atoms with Crippen LogP contribution in [-0.4, -0.2) is 23.4 Å². The van der Waals surface area contributed by atoms with Crippen LogP contribution in [0.3, 0.4) is 0 Å². The van der Waals surface area contributed by atoms with Crippen LogP contribution in [0, 0.1) is 0 Å². The van der Waals surface area contributed by atoms with Crippen LogP contribution in [0.5, 0.6) is 0 Å². The Labute approximate surface area is 97.6 Å². The van der Waals surface area contributed by atoms with E-state index < -0.39 is 0 Å². The molecule has 0 saturated carbocycles. The summed E-state index contributed by atoms with van der Waals surface area (Å²) in [5, 5.41) is 1.63. The Bertz CT molecular complexity index is 598. The average Bonchev–Trinajstić information content (AvgIpc) is 2.36. The van der Waals surface area contributed by atoms with Gasteiger partial charge in [0.15, 0.2) is 0 Å². The van der Waals surface area contributed by atoms with Gasteiger partial charge in [-0.2, -0.15) is 0 Å². The number of nitrogens with zero attached hydrogens (tertiary/aromatic N) is 1. The lowest BCUT2D eigenvalue weighted by Crippen LogP contribution is -2.43. The van der Waals surface area contributed by atoms with Crippen molar-refractivity contribution in [2.45, 2.75) is 0 Å². The van der Waals surface area contributed by atoms with Crippen LogP contribution < -0.4 is 5.73 Å². The normalized spacial score (nSPS) is 14.5. The lowest BCUT2D eigenvalue weighted by molar-refractivity contribution is 0.0615. The fourth-order valence-electron chi connectivity index (χ4n) is 2.25. The first-order valence-electron chi connectivity index (χ1n) is 5.32. The molecule has 2 aromatic rings. The molecule has 17 heavy (non-hydrogen) atoms. The van der Waals surface area contributed by atoms with Crippen molar-refractivity contribution in [1.29, 1.82) is 0 Å². The maximum Gasteiger partial charge on any atom is 0.262 e. The third-order valence-electron chi connectivity index (χ3n) is 3.04. The van der Waals surface area contributed by atoms with E-state index in [2.05, 4.69) is 0 Å². The van der Waals surface area contributed by atoms with E-state index in [0.717, 1.165) is 15.7 Å². The molecule has 2 N–H and O–H groups in total. The molecule has 84 valence electrons. The van der Waals surface area contributed by atoms with E-state index in [0.29, 0.717) is 11.1 Å². The van der Waals surface area contributed by atoms with E-state index in [4.69, 9.17) is 5.73 Å². The summed E-state index contributed by atoms with van der Waals surface area (Å²) in [5.74, 6) is -0.636. The molecule has 2 amide bonds. The molecular formula is C13H10N2O2. The molecule has 0 aliphatic carbocycles. The molecule has 3 rings (SSSR count). The van der Waals surface area contributed by atoms with Gasteiger partial charge in [-0.1, -0.05) is 24.3 Å². The summed E-state index contributed by atoms with van der Waals surface area (Å²) in [6, 6.07) is 10.8. The summed E-state index contributed by atoms with van der Waals surface area (Å²) >= 11 is 0. The van der Waals surface area contributed by atoms with Crippen molar-refractivity contribution in [2.24, 2.45) is 5.73 Å². The molecule has 0 spiro atoms. The highest BCUT2D eigenvalue weighted by Crippen LogP contribution is 2.29. The van der Waals surface area contributed by atoms with Gasteiger partial charge < -0.3 is 5.73 Å². The summed E-state index contributed by atoms with van der Waals surface area (Å²) < 4.78 is 0. The Morgan fingerprint density at radius 2 is 1.47 bits per heavy atom. The molecule has 0 aromatic heterocycles. The fourth-order valence-corrected chi connectivity index (χ4v) is 2.25. The number of nitrogens with two attached hydrogens (primary N) is 1. The lowest BCUT2D eigenvalue weighted by atomic mass is 9.94. The summed E-state index contributed by atoms with van der Waals surface area (Å²) in [6.45, 7) is -0.0949. The summed E-state index contributed by atoms with van der Waals surface area (Å²) in [4.78, 5) is 25.2. The minimum atomic E-state index is -0.318. The van der Waals surface area contributed by atoms with Gasteiger partial charge in [-0.3, -0.25) is 14.5 Å². The zero-order valence-electron chi connectivity index (χ0n) is 9.01. The Morgan fingerprint density at radius 1 is 0.941 bits per heavy atom. The first-order chi connectivity index (χ1) is 8.24. The number of imide groups is 1. The zero-order chi connectivity index (χ0) is 12.0. The van der Waals surface area contributed by atoms with Gasteiger partial charge in [-0.15, -0.1) is 0 Å². The molecule has 1 heterocycles. The smallest absolute Gasteiger partial charge is 0.262 e. The predicted molar refractivity (Wildman–Crippen MR) is 63.5 cm³/mol. The Balaban J connectivity index is 2.43. The molecule has 0 unspecified atom stereocenters. The monoisotopic (exact) mass is 226 g/mol. The summed E-state index contributed by atoms with van der Waals surface area (Å²) in [7, 11) is 0. The standard InChI is InChI=1S/C13H10N2O2/c14-7-15-12(16)9-5-1-3-8-4-2-6-10(11(8)9)13(15)17/h1-6H,7,14H2. The molecule has 0 bridgehead atoms. The molecule has 0 atom stereocenters. The Morgan fingerprint density at radius 3 is 1.94 bits per heavy atom. The second-order valence-corrected chi connectivity index (χ2v) is 3.93. The van der Waals surface area contributed by atoms with Crippen molar-refractivity contribution < 1.29 is 9.59 Å². The molecule has 0 saturated heterocycles. The maximum atomic E-state index is 12.1. The molecule has 1 aliphatic rings. The molecule has 1 aliphatic heterocycles. The van der Waals surface area contributed by atoms with Crippen LogP contribution in [-0.2, 0) is 0 Å². The van der Waals surface area contributed by atoms with Gasteiger partial charge in [0, 0.05) is 16.5 Å². The lowest BCUT2D eigenvalue weighted by Gasteiger charge is -2.25.